The molecule has 0 aliphatic carbocycles. The van der Waals surface area contributed by atoms with Crippen molar-refractivity contribution < 1.29 is 9.53 Å². The van der Waals surface area contributed by atoms with Crippen LogP contribution in [0.1, 0.15) is 35.4 Å². The van der Waals surface area contributed by atoms with Gasteiger partial charge in [-0.15, -0.1) is 0 Å². The van der Waals surface area contributed by atoms with Crippen LogP contribution in [0.5, 0.6) is 0 Å². The highest BCUT2D eigenvalue weighted by atomic mass is 16.5. The van der Waals surface area contributed by atoms with Gasteiger partial charge in [-0.1, -0.05) is 42.5 Å². The summed E-state index contributed by atoms with van der Waals surface area (Å²) in [6.07, 6.45) is 4.68. The summed E-state index contributed by atoms with van der Waals surface area (Å²) in [6, 6.07) is 17.0. The Kier molecular flexibility index (Phi) is 6.30. The first-order chi connectivity index (χ1) is 13.1. The number of hydrogen-bond acceptors (Lipinski definition) is 3. The SMILES string of the molecule is COC(=O)CC(CN)c1ccc2c(C)cn(CCCc3ccccc3)c2c1. The van der Waals surface area contributed by atoms with Crippen molar-refractivity contribution in [3.63, 3.8) is 0 Å². The van der Waals surface area contributed by atoms with Crippen molar-refractivity contribution in [2.75, 3.05) is 13.7 Å². The van der Waals surface area contributed by atoms with E-state index >= 15 is 0 Å². The fraction of sp³-hybridized carbons (Fsp3) is 0.348. The minimum absolute atomic E-state index is 0.0187. The molecule has 0 saturated heterocycles. The predicted octanol–water partition coefficient (Wildman–Crippen LogP) is 4.19. The van der Waals surface area contributed by atoms with E-state index in [-0.39, 0.29) is 11.9 Å². The molecule has 0 amide bonds. The van der Waals surface area contributed by atoms with Gasteiger partial charge in [0.1, 0.15) is 0 Å². The van der Waals surface area contributed by atoms with Gasteiger partial charge in [-0.25, -0.2) is 0 Å². The largest absolute Gasteiger partial charge is 0.469 e. The molecule has 2 N–H and O–H groups in total. The molecule has 0 aliphatic rings. The predicted molar refractivity (Wildman–Crippen MR) is 110 cm³/mol. The zero-order valence-electron chi connectivity index (χ0n) is 16.2. The molecule has 3 rings (SSSR count). The summed E-state index contributed by atoms with van der Waals surface area (Å²) in [6.45, 7) is 3.53. The van der Waals surface area contributed by atoms with Crippen LogP contribution in [0.3, 0.4) is 0 Å². The first-order valence-corrected chi connectivity index (χ1v) is 9.52. The number of rotatable bonds is 8. The molecule has 1 atom stereocenters. The lowest BCUT2D eigenvalue weighted by Gasteiger charge is -2.15. The molecule has 0 spiro atoms. The van der Waals surface area contributed by atoms with Gasteiger partial charge in [-0.3, -0.25) is 4.79 Å². The number of ether oxygens (including phenoxy) is 1. The number of nitrogens with two attached hydrogens (primary N) is 1. The molecule has 142 valence electrons. The standard InChI is InChI=1S/C23H28N2O2/c1-17-16-25(12-6-9-18-7-4-3-5-8-18)22-13-19(10-11-21(17)22)20(15-24)14-23(26)27-2/h3-5,7-8,10-11,13,16,20H,6,9,12,14-15,24H2,1-2H3. The molecule has 3 aromatic rings. The average molecular weight is 364 g/mol. The first-order valence-electron chi connectivity index (χ1n) is 9.52. The quantitative estimate of drug-likeness (QED) is 0.610. The number of nitrogens with zero attached hydrogens (tertiary/aromatic N) is 1. The van der Waals surface area contributed by atoms with Crippen molar-refractivity contribution in [2.45, 2.75) is 38.6 Å². The number of fused-ring (bicyclic) bond motifs is 1. The summed E-state index contributed by atoms with van der Waals surface area (Å²) < 4.78 is 7.14. The molecule has 4 nitrogen and oxygen atoms in total. The lowest BCUT2D eigenvalue weighted by Crippen LogP contribution is -2.17. The minimum atomic E-state index is -0.222. The highest BCUT2D eigenvalue weighted by Gasteiger charge is 2.17. The fourth-order valence-electron chi connectivity index (χ4n) is 3.65. The molecule has 0 saturated carbocycles. The van der Waals surface area contributed by atoms with Gasteiger partial charge in [0, 0.05) is 29.6 Å². The zero-order chi connectivity index (χ0) is 19.2. The fourth-order valence-corrected chi connectivity index (χ4v) is 3.65. The van der Waals surface area contributed by atoms with Gasteiger partial charge in [0.25, 0.3) is 0 Å². The van der Waals surface area contributed by atoms with Crippen molar-refractivity contribution in [3.05, 3.63) is 71.4 Å². The van der Waals surface area contributed by atoms with Crippen molar-refractivity contribution in [1.29, 1.82) is 0 Å². The maximum absolute atomic E-state index is 11.7. The molecule has 0 radical (unpaired) electrons. The van der Waals surface area contributed by atoms with Gasteiger partial charge in [0.05, 0.1) is 13.5 Å². The number of benzene rings is 2. The third-order valence-corrected chi connectivity index (χ3v) is 5.21. The number of methoxy groups -OCH3 is 1. The highest BCUT2D eigenvalue weighted by Crippen LogP contribution is 2.27. The number of esters is 1. The van der Waals surface area contributed by atoms with E-state index < -0.39 is 0 Å². The van der Waals surface area contributed by atoms with Crippen molar-refractivity contribution in [1.82, 2.24) is 4.57 Å². The lowest BCUT2D eigenvalue weighted by molar-refractivity contribution is -0.141. The number of carbonyl (C=O) groups is 1. The molecule has 4 heteroatoms. The summed E-state index contributed by atoms with van der Waals surface area (Å²) in [4.78, 5) is 11.7. The molecule has 0 bridgehead atoms. The summed E-state index contributed by atoms with van der Waals surface area (Å²) >= 11 is 0. The first kappa shape index (κ1) is 19.2. The third kappa shape index (κ3) is 4.58. The van der Waals surface area contributed by atoms with Crippen molar-refractivity contribution >= 4 is 16.9 Å². The van der Waals surface area contributed by atoms with Crippen LogP contribution in [0.2, 0.25) is 0 Å². The zero-order valence-corrected chi connectivity index (χ0v) is 16.2. The van der Waals surface area contributed by atoms with Gasteiger partial charge in [0.15, 0.2) is 0 Å². The Morgan fingerprint density at radius 3 is 2.67 bits per heavy atom. The normalized spacial score (nSPS) is 12.3. The van der Waals surface area contributed by atoms with E-state index in [1.165, 1.54) is 29.1 Å². The van der Waals surface area contributed by atoms with E-state index in [2.05, 4.69) is 66.2 Å². The number of carbonyl (C=O) groups excluding carboxylic acids is 1. The second-order valence-corrected chi connectivity index (χ2v) is 7.08. The van der Waals surface area contributed by atoms with Gasteiger partial charge in [-0.05, 0) is 49.1 Å². The Morgan fingerprint density at radius 2 is 1.96 bits per heavy atom. The van der Waals surface area contributed by atoms with Crippen LogP contribution >= 0.6 is 0 Å². The van der Waals surface area contributed by atoms with Crippen LogP contribution in [-0.2, 0) is 22.5 Å². The molecule has 1 aromatic heterocycles. The lowest BCUT2D eigenvalue weighted by atomic mass is 9.94. The molecule has 0 fully saturated rings. The molecular weight excluding hydrogens is 336 g/mol. The van der Waals surface area contributed by atoms with Crippen LogP contribution < -0.4 is 5.73 Å². The van der Waals surface area contributed by atoms with Gasteiger partial charge >= 0.3 is 5.97 Å². The summed E-state index contributed by atoms with van der Waals surface area (Å²) in [5.74, 6) is -0.241. The Bertz CT molecular complexity index is 899. The monoisotopic (exact) mass is 364 g/mol. The molecule has 1 unspecified atom stereocenters. The van der Waals surface area contributed by atoms with E-state index in [9.17, 15) is 4.79 Å². The van der Waals surface area contributed by atoms with E-state index in [0.717, 1.165) is 24.9 Å². The van der Waals surface area contributed by atoms with Crippen LogP contribution in [-0.4, -0.2) is 24.2 Å². The molecular formula is C23H28N2O2. The number of aryl methyl sites for hydroxylation is 3. The minimum Gasteiger partial charge on any atom is -0.469 e. The van der Waals surface area contributed by atoms with Gasteiger partial charge in [0.2, 0.25) is 0 Å². The van der Waals surface area contributed by atoms with Crippen LogP contribution in [0.25, 0.3) is 10.9 Å². The maximum atomic E-state index is 11.7. The van der Waals surface area contributed by atoms with E-state index in [0.29, 0.717) is 13.0 Å². The van der Waals surface area contributed by atoms with Crippen LogP contribution in [0.4, 0.5) is 0 Å². The van der Waals surface area contributed by atoms with Crippen molar-refractivity contribution in [2.24, 2.45) is 5.73 Å². The van der Waals surface area contributed by atoms with Crippen molar-refractivity contribution in [3.8, 4) is 0 Å². The number of aromatic nitrogens is 1. The van der Waals surface area contributed by atoms with Crippen LogP contribution in [0.15, 0.2) is 54.7 Å². The van der Waals surface area contributed by atoms with Gasteiger partial charge < -0.3 is 15.0 Å². The topological polar surface area (TPSA) is 57.2 Å². The molecule has 2 aromatic carbocycles. The molecule has 0 aliphatic heterocycles. The second kappa shape index (κ2) is 8.87. The van der Waals surface area contributed by atoms with E-state index in [1.54, 1.807) is 0 Å². The summed E-state index contributed by atoms with van der Waals surface area (Å²) in [5.41, 5.74) is 10.9. The maximum Gasteiger partial charge on any atom is 0.306 e. The summed E-state index contributed by atoms with van der Waals surface area (Å²) in [5, 5.41) is 1.26. The molecule has 27 heavy (non-hydrogen) atoms. The average Bonchev–Trinajstić information content (AvgIpc) is 3.02. The number of hydrogen-bond donors (Lipinski definition) is 1. The molecule has 1 heterocycles. The summed E-state index contributed by atoms with van der Waals surface area (Å²) in [7, 11) is 1.42. The smallest absolute Gasteiger partial charge is 0.306 e. The Balaban J connectivity index is 1.80. The van der Waals surface area contributed by atoms with Crippen LogP contribution in [0, 0.1) is 6.92 Å². The van der Waals surface area contributed by atoms with E-state index in [1.807, 2.05) is 0 Å². The second-order valence-electron chi connectivity index (χ2n) is 7.08. The van der Waals surface area contributed by atoms with E-state index in [4.69, 9.17) is 10.5 Å². The Morgan fingerprint density at radius 1 is 1.19 bits per heavy atom. The Hall–Kier alpha value is -2.59. The Labute approximate surface area is 160 Å². The third-order valence-electron chi connectivity index (χ3n) is 5.21. The van der Waals surface area contributed by atoms with Gasteiger partial charge in [-0.2, -0.15) is 0 Å². The highest BCUT2D eigenvalue weighted by molar-refractivity contribution is 5.84.